The molecule has 1 aromatic heterocycles. The Bertz CT molecular complexity index is 628. The lowest BCUT2D eigenvalue weighted by Gasteiger charge is -2.13. The van der Waals surface area contributed by atoms with Crippen LogP contribution in [0.3, 0.4) is 0 Å². The van der Waals surface area contributed by atoms with Crippen molar-refractivity contribution < 1.29 is 23.1 Å². The number of primary amides is 1. The van der Waals surface area contributed by atoms with E-state index in [4.69, 9.17) is 34.0 Å². The number of sulfonamides is 1. The molecule has 0 aliphatic heterocycles. The van der Waals surface area contributed by atoms with Gasteiger partial charge in [-0.15, -0.1) is 11.3 Å². The number of carboxylic acids is 1. The number of hydrogen-bond donors (Lipinski definition) is 3. The molecule has 0 aliphatic carbocycles. The highest BCUT2D eigenvalue weighted by atomic mass is 35.5. The van der Waals surface area contributed by atoms with Gasteiger partial charge in [0.1, 0.15) is 15.3 Å². The summed E-state index contributed by atoms with van der Waals surface area (Å²) >= 11 is 12.2. The molecule has 0 fully saturated rings. The minimum atomic E-state index is -4.15. The SMILES string of the molecule is NC(=O)CC[C@H](NS(=O)(=O)c1cc(Cl)sc1Cl)C(=O)O. The molecule has 0 saturated heterocycles. The van der Waals surface area contributed by atoms with E-state index in [9.17, 15) is 18.0 Å². The topological polar surface area (TPSA) is 127 Å². The molecule has 1 aromatic rings. The third-order valence-electron chi connectivity index (χ3n) is 2.19. The number of nitrogens with two attached hydrogens (primary N) is 1. The smallest absolute Gasteiger partial charge is 0.321 e. The molecular weight excluding hydrogens is 351 g/mol. The zero-order valence-electron chi connectivity index (χ0n) is 9.80. The summed E-state index contributed by atoms with van der Waals surface area (Å²) < 4.78 is 26.0. The molecule has 0 unspecified atom stereocenters. The van der Waals surface area contributed by atoms with Gasteiger partial charge in [-0.3, -0.25) is 9.59 Å². The molecule has 20 heavy (non-hydrogen) atoms. The molecular formula is C9H10Cl2N2O5S2. The third kappa shape index (κ3) is 4.60. The van der Waals surface area contributed by atoms with Crippen LogP contribution in [0.1, 0.15) is 12.8 Å². The molecule has 0 radical (unpaired) electrons. The van der Waals surface area contributed by atoms with Crippen molar-refractivity contribution in [2.45, 2.75) is 23.8 Å². The van der Waals surface area contributed by atoms with Crippen molar-refractivity contribution in [3.05, 3.63) is 14.7 Å². The van der Waals surface area contributed by atoms with Crippen LogP contribution in [0.5, 0.6) is 0 Å². The van der Waals surface area contributed by atoms with Crippen LogP contribution in [0.2, 0.25) is 8.67 Å². The molecule has 7 nitrogen and oxygen atoms in total. The zero-order chi connectivity index (χ0) is 15.5. The van der Waals surface area contributed by atoms with Crippen molar-refractivity contribution in [1.29, 1.82) is 0 Å². The number of carboxylic acid groups (broad SMARTS) is 1. The van der Waals surface area contributed by atoms with E-state index < -0.39 is 27.9 Å². The maximum Gasteiger partial charge on any atom is 0.321 e. The van der Waals surface area contributed by atoms with E-state index in [1.807, 2.05) is 4.72 Å². The van der Waals surface area contributed by atoms with E-state index in [0.717, 1.165) is 17.4 Å². The summed E-state index contributed by atoms with van der Waals surface area (Å²) in [7, 11) is -4.15. The van der Waals surface area contributed by atoms with Crippen molar-refractivity contribution in [1.82, 2.24) is 4.72 Å². The number of amides is 1. The van der Waals surface area contributed by atoms with Crippen LogP contribution in [-0.2, 0) is 19.6 Å². The van der Waals surface area contributed by atoms with E-state index in [0.29, 0.717) is 0 Å². The molecule has 0 spiro atoms. The summed E-state index contributed by atoms with van der Waals surface area (Å²) in [5.74, 6) is -2.15. The average Bonchev–Trinajstić information content (AvgIpc) is 2.64. The summed E-state index contributed by atoms with van der Waals surface area (Å²) in [5.41, 5.74) is 4.90. The summed E-state index contributed by atoms with van der Waals surface area (Å²) in [6.07, 6.45) is -0.531. The van der Waals surface area contributed by atoms with Gasteiger partial charge < -0.3 is 10.8 Å². The highest BCUT2D eigenvalue weighted by molar-refractivity contribution is 7.89. The second-order valence-corrected chi connectivity index (χ2v) is 7.67. The van der Waals surface area contributed by atoms with Gasteiger partial charge in [-0.1, -0.05) is 23.2 Å². The first-order valence-electron chi connectivity index (χ1n) is 5.11. The number of rotatable bonds is 7. The van der Waals surface area contributed by atoms with Crippen LogP contribution < -0.4 is 10.5 Å². The van der Waals surface area contributed by atoms with Gasteiger partial charge in [0.25, 0.3) is 0 Å². The molecule has 1 rings (SSSR count). The summed E-state index contributed by atoms with van der Waals surface area (Å²) in [5, 5.41) is 8.94. The molecule has 0 aliphatic rings. The lowest BCUT2D eigenvalue weighted by Crippen LogP contribution is -2.41. The van der Waals surface area contributed by atoms with Crippen molar-refractivity contribution >= 4 is 56.4 Å². The van der Waals surface area contributed by atoms with E-state index >= 15 is 0 Å². The van der Waals surface area contributed by atoms with E-state index in [2.05, 4.69) is 0 Å². The molecule has 0 saturated carbocycles. The fraction of sp³-hybridized carbons (Fsp3) is 0.333. The van der Waals surface area contributed by atoms with Crippen LogP contribution in [-0.4, -0.2) is 31.4 Å². The Labute approximate surface area is 128 Å². The number of hydrogen-bond acceptors (Lipinski definition) is 5. The summed E-state index contributed by atoms with van der Waals surface area (Å²) in [6.45, 7) is 0. The van der Waals surface area contributed by atoms with Crippen molar-refractivity contribution in [3.63, 3.8) is 0 Å². The molecule has 0 bridgehead atoms. The lowest BCUT2D eigenvalue weighted by molar-refractivity contribution is -0.139. The molecule has 11 heteroatoms. The Hall–Kier alpha value is -0.870. The second kappa shape index (κ2) is 6.72. The molecule has 1 atom stereocenters. The first-order valence-corrected chi connectivity index (χ1v) is 8.17. The average molecular weight is 361 g/mol. The van der Waals surface area contributed by atoms with Gasteiger partial charge in [0.2, 0.25) is 15.9 Å². The monoisotopic (exact) mass is 360 g/mol. The number of carbonyl (C=O) groups excluding carboxylic acids is 1. The highest BCUT2D eigenvalue weighted by Gasteiger charge is 2.28. The van der Waals surface area contributed by atoms with E-state index in [-0.39, 0.29) is 26.4 Å². The van der Waals surface area contributed by atoms with Gasteiger partial charge in [-0.05, 0) is 12.5 Å². The van der Waals surface area contributed by atoms with Crippen LogP contribution in [0.4, 0.5) is 0 Å². The summed E-state index contributed by atoms with van der Waals surface area (Å²) in [6, 6.07) is -0.369. The number of aliphatic carboxylic acids is 1. The number of carbonyl (C=O) groups is 2. The van der Waals surface area contributed by atoms with Crippen LogP contribution in [0.25, 0.3) is 0 Å². The molecule has 4 N–H and O–H groups in total. The van der Waals surface area contributed by atoms with Crippen molar-refractivity contribution in [3.8, 4) is 0 Å². The second-order valence-electron chi connectivity index (χ2n) is 3.71. The summed E-state index contributed by atoms with van der Waals surface area (Å²) in [4.78, 5) is 21.3. The highest BCUT2D eigenvalue weighted by Crippen LogP contribution is 2.34. The van der Waals surface area contributed by atoms with Crippen molar-refractivity contribution in [2.75, 3.05) is 0 Å². The Morgan fingerprint density at radius 3 is 2.45 bits per heavy atom. The van der Waals surface area contributed by atoms with Gasteiger partial charge in [0, 0.05) is 6.42 Å². The predicted octanol–water partition coefficient (Wildman–Crippen LogP) is 1.05. The third-order valence-corrected chi connectivity index (χ3v) is 5.41. The Morgan fingerprint density at radius 2 is 2.05 bits per heavy atom. The molecule has 0 aromatic carbocycles. The Morgan fingerprint density at radius 1 is 1.45 bits per heavy atom. The number of halogens is 2. The van der Waals surface area contributed by atoms with Gasteiger partial charge in [-0.2, -0.15) is 4.72 Å². The van der Waals surface area contributed by atoms with E-state index in [1.165, 1.54) is 0 Å². The van der Waals surface area contributed by atoms with Crippen molar-refractivity contribution in [2.24, 2.45) is 5.73 Å². The van der Waals surface area contributed by atoms with Crippen LogP contribution in [0, 0.1) is 0 Å². The number of thiophene rings is 1. The zero-order valence-corrected chi connectivity index (χ0v) is 12.9. The fourth-order valence-electron chi connectivity index (χ4n) is 1.28. The minimum Gasteiger partial charge on any atom is -0.480 e. The van der Waals surface area contributed by atoms with Crippen LogP contribution in [0.15, 0.2) is 11.0 Å². The van der Waals surface area contributed by atoms with E-state index in [1.54, 1.807) is 0 Å². The van der Waals surface area contributed by atoms with Gasteiger partial charge in [0.15, 0.2) is 0 Å². The normalized spacial score (nSPS) is 13.1. The molecule has 1 amide bonds. The number of nitrogens with one attached hydrogen (secondary N) is 1. The van der Waals surface area contributed by atoms with Crippen LogP contribution >= 0.6 is 34.5 Å². The Balaban J connectivity index is 2.94. The largest absolute Gasteiger partial charge is 0.480 e. The van der Waals surface area contributed by atoms with Gasteiger partial charge >= 0.3 is 5.97 Å². The Kier molecular flexibility index (Phi) is 5.78. The van der Waals surface area contributed by atoms with Gasteiger partial charge in [0.05, 0.1) is 4.34 Å². The standard InChI is InChI=1S/C9H10Cl2N2O5S2/c10-6-3-5(8(11)19-6)20(17,18)13-4(9(15)16)1-2-7(12)14/h3-4,13H,1-2H2,(H2,12,14)(H,15,16)/t4-/m0/s1. The molecule has 1 heterocycles. The first-order chi connectivity index (χ1) is 9.13. The maximum absolute atomic E-state index is 12.0. The van der Waals surface area contributed by atoms with Gasteiger partial charge in [-0.25, -0.2) is 8.42 Å². The maximum atomic E-state index is 12.0. The quantitative estimate of drug-likeness (QED) is 0.669. The predicted molar refractivity (Wildman–Crippen MR) is 74.5 cm³/mol. The lowest BCUT2D eigenvalue weighted by atomic mass is 10.2. The minimum absolute atomic E-state index is 0.0819. The molecule has 112 valence electrons. The fourth-order valence-corrected chi connectivity index (χ4v) is 4.65. The first kappa shape index (κ1) is 17.2.